The number of aliphatic hydroxyl groups is 2. The van der Waals surface area contributed by atoms with Crippen molar-refractivity contribution in [3.8, 4) is 34.8 Å². The molecule has 6 aliphatic carbocycles. The van der Waals surface area contributed by atoms with Crippen LogP contribution in [0.4, 0.5) is 8.78 Å². The highest BCUT2D eigenvalue weighted by Crippen LogP contribution is 2.55. The van der Waals surface area contributed by atoms with Crippen molar-refractivity contribution in [2.45, 2.75) is 126 Å². The number of nitrogens with zero attached hydrogens (tertiary/aromatic N) is 6. The fourth-order valence-corrected chi connectivity index (χ4v) is 12.5. The average molecular weight is 1060 g/mol. The Hall–Kier alpha value is -5.50. The summed E-state index contributed by atoms with van der Waals surface area (Å²) in [7, 11) is 3.07. The first-order valence-electron chi connectivity index (χ1n) is 25.5. The highest BCUT2D eigenvalue weighted by molar-refractivity contribution is 5.79. The molecule has 8 aliphatic rings. The Morgan fingerprint density at radius 2 is 0.892 bits per heavy atom. The van der Waals surface area contributed by atoms with Crippen molar-refractivity contribution < 1.29 is 82.9 Å². The number of rotatable bonds is 14. The topological polar surface area (TPSA) is 206 Å². The van der Waals surface area contributed by atoms with Gasteiger partial charge in [0, 0.05) is 86.8 Å². The van der Waals surface area contributed by atoms with Gasteiger partial charge in [-0.25, -0.2) is 18.7 Å². The third-order valence-electron chi connectivity index (χ3n) is 17.3. The third-order valence-corrected chi connectivity index (χ3v) is 17.3. The minimum Gasteiger partial charge on any atom is -1.00 e. The van der Waals surface area contributed by atoms with Crippen LogP contribution in [0.2, 0.25) is 0 Å². The van der Waals surface area contributed by atoms with Gasteiger partial charge in [0.15, 0.2) is 23.0 Å². The zero-order valence-electron chi connectivity index (χ0n) is 41.8. The second-order valence-corrected chi connectivity index (χ2v) is 21.0. The molecule has 2 atom stereocenters. The van der Waals surface area contributed by atoms with Crippen LogP contribution in [0.5, 0.6) is 34.8 Å². The first-order chi connectivity index (χ1) is 35.0. The van der Waals surface area contributed by atoms with E-state index in [9.17, 15) is 19.0 Å². The summed E-state index contributed by atoms with van der Waals surface area (Å²) in [6, 6.07) is 10.9. The van der Waals surface area contributed by atoms with Gasteiger partial charge in [-0.2, -0.15) is 0 Å². The number of aliphatic hydroxyl groups excluding tert-OH is 2. The minimum atomic E-state index is -0.636. The van der Waals surface area contributed by atoms with Crippen molar-refractivity contribution in [1.29, 1.82) is 0 Å². The van der Waals surface area contributed by atoms with E-state index in [0.29, 0.717) is 82.9 Å². The van der Waals surface area contributed by atoms with Crippen LogP contribution < -0.4 is 63.9 Å². The molecule has 2 aliphatic heterocycles. The SMILES string of the molecule is COc1ccc2ncc(F)c(C[C@@H](O)C34CCC([NH2+]Cc5cc6c(cn5)OCCO6)(CC3)CC4)c2n1.COc1ccc2ncc(F)c(C[C@H](O)C34CCC([NH2+]Cc5cc6c(cn5)OCCO6)(CC3)CC4)c2n1.[Cl-].[Cl-]. The minimum absolute atomic E-state index is 0. The number of hydrogen-bond acceptors (Lipinski definition) is 14. The molecule has 0 saturated heterocycles. The maximum atomic E-state index is 14.9. The summed E-state index contributed by atoms with van der Waals surface area (Å²) < 4.78 is 62.8. The Bertz CT molecular complexity index is 2730. The van der Waals surface area contributed by atoms with Crippen LogP contribution in [0.15, 0.2) is 61.2 Å². The molecule has 6 saturated carbocycles. The molecule has 74 heavy (non-hydrogen) atoms. The van der Waals surface area contributed by atoms with E-state index in [1.54, 1.807) is 36.7 Å². The molecule has 4 bridgehead atoms. The highest BCUT2D eigenvalue weighted by Gasteiger charge is 2.55. The fraction of sp³-hybridized carbons (Fsp3) is 0.519. The maximum Gasteiger partial charge on any atom is 0.213 e. The predicted molar refractivity (Wildman–Crippen MR) is 259 cm³/mol. The van der Waals surface area contributed by atoms with Gasteiger partial charge in [-0.05, 0) is 61.5 Å². The lowest BCUT2D eigenvalue weighted by atomic mass is 9.54. The van der Waals surface area contributed by atoms with Crippen LogP contribution in [0.25, 0.3) is 22.1 Å². The zero-order valence-corrected chi connectivity index (χ0v) is 43.3. The van der Waals surface area contributed by atoms with Crippen LogP contribution in [0.3, 0.4) is 0 Å². The van der Waals surface area contributed by atoms with E-state index in [-0.39, 0.29) is 59.6 Å². The molecule has 0 aromatic carbocycles. The van der Waals surface area contributed by atoms with Gasteiger partial charge < -0.3 is 74.1 Å². The van der Waals surface area contributed by atoms with Crippen molar-refractivity contribution >= 4 is 22.1 Å². The van der Waals surface area contributed by atoms with Gasteiger partial charge in [-0.3, -0.25) is 19.9 Å². The van der Waals surface area contributed by atoms with Crippen molar-refractivity contribution in [3.05, 3.63) is 95.3 Å². The lowest BCUT2D eigenvalue weighted by molar-refractivity contribution is -0.750. The number of ether oxygens (including phenoxy) is 6. The van der Waals surface area contributed by atoms with Gasteiger partial charge in [-0.1, -0.05) is 0 Å². The Morgan fingerprint density at radius 1 is 0.527 bits per heavy atom. The zero-order chi connectivity index (χ0) is 49.5. The van der Waals surface area contributed by atoms with Crippen LogP contribution in [-0.2, 0) is 25.9 Å². The van der Waals surface area contributed by atoms with E-state index < -0.39 is 23.8 Å². The van der Waals surface area contributed by atoms with E-state index in [0.717, 1.165) is 113 Å². The molecule has 396 valence electrons. The molecule has 8 heterocycles. The first kappa shape index (κ1) is 53.3. The fourth-order valence-electron chi connectivity index (χ4n) is 12.5. The second kappa shape index (κ2) is 22.0. The van der Waals surface area contributed by atoms with Gasteiger partial charge in [0.25, 0.3) is 0 Å². The highest BCUT2D eigenvalue weighted by atomic mass is 35.5. The Labute approximate surface area is 440 Å². The Balaban J connectivity index is 0.000000177. The number of hydrogen-bond donors (Lipinski definition) is 4. The Kier molecular flexibility index (Phi) is 15.9. The number of aromatic nitrogens is 6. The summed E-state index contributed by atoms with van der Waals surface area (Å²) >= 11 is 0. The summed E-state index contributed by atoms with van der Waals surface area (Å²) in [5, 5.41) is 27.7. The van der Waals surface area contributed by atoms with Crippen LogP contribution in [0, 0.1) is 22.5 Å². The monoisotopic (exact) mass is 1060 g/mol. The van der Waals surface area contributed by atoms with E-state index in [4.69, 9.17) is 28.4 Å². The van der Waals surface area contributed by atoms with Gasteiger partial charge in [0.2, 0.25) is 11.8 Å². The van der Waals surface area contributed by atoms with Crippen molar-refractivity contribution in [3.63, 3.8) is 0 Å². The van der Waals surface area contributed by atoms with Crippen molar-refractivity contribution in [2.75, 3.05) is 40.6 Å². The second-order valence-electron chi connectivity index (χ2n) is 21.0. The smallest absolute Gasteiger partial charge is 0.213 e. The van der Waals surface area contributed by atoms with Crippen LogP contribution >= 0.6 is 0 Å². The quantitative estimate of drug-likeness (QED) is 0.108. The molecule has 6 fully saturated rings. The lowest BCUT2D eigenvalue weighted by Gasteiger charge is -2.53. The van der Waals surface area contributed by atoms with E-state index in [2.05, 4.69) is 40.5 Å². The standard InChI is InChI=1S/2C27H31FN4O4.2ClH/c2*1-34-24-3-2-20-25(32-24)18(19(28)15-30-20)13-23(33)26-4-7-27(8-5-26,9-6-26)31-14-17-12-21-22(16-29-17)36-11-10-35-21;;/h2*2-3,12,15-16,23,31,33H,4-11,13-14H2,1H3;2*1H/t2*23-,26?,27?;;/m10../s1. The molecule has 0 amide bonds. The summed E-state index contributed by atoms with van der Waals surface area (Å²) in [5.41, 5.74) is 4.89. The van der Waals surface area contributed by atoms with Crippen molar-refractivity contribution in [2.24, 2.45) is 10.8 Å². The molecule has 0 unspecified atom stereocenters. The molecule has 16 nitrogen and oxygen atoms in total. The largest absolute Gasteiger partial charge is 1.00 e. The Morgan fingerprint density at radius 3 is 1.26 bits per heavy atom. The van der Waals surface area contributed by atoms with Gasteiger partial charge in [0.05, 0.1) is 95.7 Å². The van der Waals surface area contributed by atoms with Crippen molar-refractivity contribution in [1.82, 2.24) is 29.9 Å². The number of methoxy groups -OCH3 is 2. The first-order valence-corrected chi connectivity index (χ1v) is 25.5. The summed E-state index contributed by atoms with van der Waals surface area (Å²) in [6.07, 6.45) is 16.9. The van der Waals surface area contributed by atoms with E-state index in [1.165, 1.54) is 26.6 Å². The number of halogens is 4. The number of nitrogens with two attached hydrogens (primary N) is 2. The molecule has 20 heteroatoms. The predicted octanol–water partition coefficient (Wildman–Crippen LogP) is -0.585. The summed E-state index contributed by atoms with van der Waals surface area (Å²) in [5.74, 6) is 2.93. The van der Waals surface area contributed by atoms with Gasteiger partial charge in [-0.15, -0.1) is 0 Å². The molecule has 6 aromatic heterocycles. The average Bonchev–Trinajstić information content (AvgIpc) is 3.44. The number of quaternary nitrogens is 2. The van der Waals surface area contributed by atoms with Gasteiger partial charge >= 0.3 is 0 Å². The molecule has 6 N–H and O–H groups in total. The van der Waals surface area contributed by atoms with E-state index >= 15 is 0 Å². The van der Waals surface area contributed by atoms with Gasteiger partial charge in [0.1, 0.15) is 51.2 Å². The molecule has 6 aromatic rings. The maximum absolute atomic E-state index is 14.9. The van der Waals surface area contributed by atoms with Crippen LogP contribution in [-0.4, -0.2) is 104 Å². The number of pyridine rings is 6. The van der Waals surface area contributed by atoms with E-state index in [1.807, 2.05) is 12.1 Å². The number of fused-ring (bicyclic) bond motifs is 10. The molecule has 0 spiro atoms. The lowest BCUT2D eigenvalue weighted by Crippen LogP contribution is -3.00. The molecule has 0 radical (unpaired) electrons. The molecular weight excluding hydrogens is 998 g/mol. The molecular formula is C54H64Cl2F2N8O8. The summed E-state index contributed by atoms with van der Waals surface area (Å²) in [4.78, 5) is 26.3. The third kappa shape index (κ3) is 10.5. The molecule has 14 rings (SSSR count). The summed E-state index contributed by atoms with van der Waals surface area (Å²) in [6.45, 7) is 3.83. The van der Waals surface area contributed by atoms with Crippen LogP contribution in [0.1, 0.15) is 99.6 Å². The normalized spacial score (nSPS) is 24.9.